The van der Waals surface area contributed by atoms with Crippen molar-refractivity contribution in [2.24, 2.45) is 0 Å². The van der Waals surface area contributed by atoms with Gasteiger partial charge in [0.2, 0.25) is 0 Å². The maximum atomic E-state index is 9.76. The van der Waals surface area contributed by atoms with Gasteiger partial charge in [-0.05, 0) is 13.8 Å². The Labute approximate surface area is 86.7 Å². The van der Waals surface area contributed by atoms with Crippen molar-refractivity contribution in [1.29, 1.82) is 0 Å². The molecule has 0 radical (unpaired) electrons. The molecule has 0 aromatic carbocycles. The molecule has 6 atom stereocenters. The number of aliphatic hydroxyl groups is 5. The number of rotatable bonds is 0. The molecule has 0 amide bonds. The van der Waals surface area contributed by atoms with Crippen molar-refractivity contribution in [1.82, 2.24) is 0 Å². The van der Waals surface area contributed by atoms with E-state index in [1.807, 2.05) is 0 Å². The van der Waals surface area contributed by atoms with Gasteiger partial charge in [0.25, 0.3) is 0 Å². The average Bonchev–Trinajstić information content (AvgIpc) is 2.75. The van der Waals surface area contributed by atoms with Crippen LogP contribution in [-0.4, -0.2) is 67.3 Å². The number of epoxide rings is 1. The number of hydrogen-bond acceptors (Lipinski definition) is 6. The van der Waals surface area contributed by atoms with Crippen molar-refractivity contribution < 1.29 is 30.3 Å². The first-order chi connectivity index (χ1) is 6.75. The molecular weight excluding hydrogens is 204 g/mol. The molecular formula is C9H16O6. The molecule has 88 valence electrons. The number of hydrogen-bond donors (Lipinski definition) is 5. The summed E-state index contributed by atoms with van der Waals surface area (Å²) in [4.78, 5) is 0. The fraction of sp³-hybridized carbons (Fsp3) is 1.00. The molecule has 1 aliphatic carbocycles. The molecule has 2 aliphatic rings. The second-order valence-corrected chi connectivity index (χ2v) is 4.77. The lowest BCUT2D eigenvalue weighted by Crippen LogP contribution is -2.67. The summed E-state index contributed by atoms with van der Waals surface area (Å²) in [6, 6.07) is 0. The molecule has 1 heterocycles. The van der Waals surface area contributed by atoms with Crippen molar-refractivity contribution in [3.63, 3.8) is 0 Å². The van der Waals surface area contributed by atoms with Gasteiger partial charge in [0.15, 0.2) is 5.60 Å². The molecule has 2 rings (SSSR count). The minimum atomic E-state index is -1.57. The lowest BCUT2D eigenvalue weighted by Gasteiger charge is -2.41. The molecule has 1 saturated carbocycles. The van der Waals surface area contributed by atoms with Gasteiger partial charge in [-0.15, -0.1) is 0 Å². The van der Waals surface area contributed by atoms with Gasteiger partial charge in [0.1, 0.15) is 30.5 Å². The summed E-state index contributed by atoms with van der Waals surface area (Å²) in [6.45, 7) is 3.27. The van der Waals surface area contributed by atoms with Crippen LogP contribution < -0.4 is 0 Å². The van der Waals surface area contributed by atoms with E-state index in [1.165, 1.54) is 0 Å². The first kappa shape index (κ1) is 11.3. The van der Waals surface area contributed by atoms with Gasteiger partial charge >= 0.3 is 0 Å². The van der Waals surface area contributed by atoms with Crippen molar-refractivity contribution >= 4 is 0 Å². The highest BCUT2D eigenvalue weighted by molar-refractivity contribution is 5.25. The van der Waals surface area contributed by atoms with Crippen LogP contribution in [0.25, 0.3) is 0 Å². The molecule has 6 nitrogen and oxygen atoms in total. The molecule has 1 spiro atoms. The van der Waals surface area contributed by atoms with Crippen LogP contribution >= 0.6 is 0 Å². The van der Waals surface area contributed by atoms with Gasteiger partial charge < -0.3 is 30.3 Å². The highest BCUT2D eigenvalue weighted by atomic mass is 16.7. The first-order valence-corrected chi connectivity index (χ1v) is 4.86. The Morgan fingerprint density at radius 3 is 1.40 bits per heavy atom. The number of ether oxygens (including phenoxy) is 1. The molecule has 1 saturated heterocycles. The van der Waals surface area contributed by atoms with E-state index in [0.29, 0.717) is 0 Å². The summed E-state index contributed by atoms with van der Waals surface area (Å²) in [7, 11) is 0. The fourth-order valence-electron chi connectivity index (χ4n) is 2.49. The molecule has 0 aromatic heterocycles. The smallest absolute Gasteiger partial charge is 0.154 e. The highest BCUT2D eigenvalue weighted by Gasteiger charge is 2.77. The molecule has 0 bridgehead atoms. The topological polar surface area (TPSA) is 114 Å². The Morgan fingerprint density at radius 2 is 1.13 bits per heavy atom. The predicted octanol–water partition coefficient (Wildman–Crippen LogP) is -2.65. The van der Waals surface area contributed by atoms with Crippen LogP contribution in [0.4, 0.5) is 0 Å². The van der Waals surface area contributed by atoms with Crippen molar-refractivity contribution in [2.75, 3.05) is 0 Å². The Kier molecular flexibility index (Phi) is 2.18. The molecule has 0 unspecified atom stereocenters. The second kappa shape index (κ2) is 2.91. The lowest BCUT2D eigenvalue weighted by molar-refractivity contribution is -0.210. The number of aliphatic hydroxyl groups excluding tert-OH is 5. The standard InChI is InChI=1S/C9H16O6/c1-8(2)9(15-8)6(13)4(11)3(10)5(12)7(9)14/h3-7,10-14H,1-2H3/t3-,4-,5+,6-,7-,9-/m0/s1. The van der Waals surface area contributed by atoms with E-state index in [9.17, 15) is 25.5 Å². The first-order valence-electron chi connectivity index (χ1n) is 4.86. The van der Waals surface area contributed by atoms with E-state index < -0.39 is 41.7 Å². The maximum absolute atomic E-state index is 9.76. The summed E-state index contributed by atoms with van der Waals surface area (Å²) in [5.41, 5.74) is -2.21. The summed E-state index contributed by atoms with van der Waals surface area (Å²) in [5.74, 6) is 0. The second-order valence-electron chi connectivity index (χ2n) is 4.77. The van der Waals surface area contributed by atoms with E-state index in [2.05, 4.69) is 0 Å². The minimum Gasteiger partial charge on any atom is -0.387 e. The molecule has 15 heavy (non-hydrogen) atoms. The molecule has 6 heteroatoms. The monoisotopic (exact) mass is 220 g/mol. The maximum Gasteiger partial charge on any atom is 0.154 e. The Bertz CT molecular complexity index is 262. The van der Waals surface area contributed by atoms with Crippen LogP contribution in [0.3, 0.4) is 0 Å². The quantitative estimate of drug-likeness (QED) is 0.285. The third kappa shape index (κ3) is 1.15. The Balaban J connectivity index is 2.33. The fourth-order valence-corrected chi connectivity index (χ4v) is 2.49. The van der Waals surface area contributed by atoms with E-state index in [0.717, 1.165) is 0 Å². The Morgan fingerprint density at radius 1 is 0.800 bits per heavy atom. The van der Waals surface area contributed by atoms with E-state index in [1.54, 1.807) is 13.8 Å². The summed E-state index contributed by atoms with van der Waals surface area (Å²) >= 11 is 0. The highest BCUT2D eigenvalue weighted by Crippen LogP contribution is 2.56. The molecule has 1 aliphatic heterocycles. The molecule has 5 N–H and O–H groups in total. The van der Waals surface area contributed by atoms with Gasteiger partial charge in [-0.3, -0.25) is 0 Å². The predicted molar refractivity (Wildman–Crippen MR) is 47.9 cm³/mol. The van der Waals surface area contributed by atoms with Crippen LogP contribution in [0, 0.1) is 0 Å². The normalized spacial score (nSPS) is 58.2. The van der Waals surface area contributed by atoms with Gasteiger partial charge in [-0.25, -0.2) is 0 Å². The van der Waals surface area contributed by atoms with Crippen LogP contribution in [-0.2, 0) is 4.74 Å². The Hall–Kier alpha value is -0.240. The van der Waals surface area contributed by atoms with Crippen LogP contribution in [0.5, 0.6) is 0 Å². The lowest BCUT2D eigenvalue weighted by atomic mass is 9.73. The summed E-state index contributed by atoms with van der Waals surface area (Å²) in [6.07, 6.45) is -7.45. The molecule has 0 aromatic rings. The largest absolute Gasteiger partial charge is 0.387 e. The van der Waals surface area contributed by atoms with Crippen molar-refractivity contribution in [3.05, 3.63) is 0 Å². The average molecular weight is 220 g/mol. The zero-order chi connectivity index (χ0) is 11.6. The summed E-state index contributed by atoms with van der Waals surface area (Å²) in [5, 5.41) is 47.8. The SMILES string of the molecule is CC1(C)O[C@@]12[C@@H](O)[C@H](O)[C@@H](O)[C@H](O)[C@@H]2O. The van der Waals surface area contributed by atoms with Crippen LogP contribution in [0.1, 0.15) is 13.8 Å². The van der Waals surface area contributed by atoms with Gasteiger partial charge in [0, 0.05) is 0 Å². The van der Waals surface area contributed by atoms with Gasteiger partial charge in [-0.1, -0.05) is 0 Å². The zero-order valence-electron chi connectivity index (χ0n) is 8.53. The van der Waals surface area contributed by atoms with Gasteiger partial charge in [0.05, 0.1) is 5.60 Å². The zero-order valence-corrected chi connectivity index (χ0v) is 8.53. The third-order valence-corrected chi connectivity index (χ3v) is 3.55. The van der Waals surface area contributed by atoms with E-state index in [4.69, 9.17) is 4.74 Å². The minimum absolute atomic E-state index is 0.825. The van der Waals surface area contributed by atoms with Crippen molar-refractivity contribution in [3.8, 4) is 0 Å². The van der Waals surface area contributed by atoms with E-state index >= 15 is 0 Å². The van der Waals surface area contributed by atoms with Crippen LogP contribution in [0.2, 0.25) is 0 Å². The summed E-state index contributed by atoms with van der Waals surface area (Å²) < 4.78 is 5.22. The molecule has 2 fully saturated rings. The van der Waals surface area contributed by atoms with Crippen LogP contribution in [0.15, 0.2) is 0 Å². The van der Waals surface area contributed by atoms with Gasteiger partial charge in [-0.2, -0.15) is 0 Å². The van der Waals surface area contributed by atoms with E-state index in [-0.39, 0.29) is 0 Å². The van der Waals surface area contributed by atoms with Crippen molar-refractivity contribution in [2.45, 2.75) is 55.6 Å². The third-order valence-electron chi connectivity index (χ3n) is 3.55.